The summed E-state index contributed by atoms with van der Waals surface area (Å²) >= 11 is 0. The highest BCUT2D eigenvalue weighted by Crippen LogP contribution is 2.29. The van der Waals surface area contributed by atoms with Crippen molar-refractivity contribution in [3.05, 3.63) is 29.6 Å². The molecule has 8 heteroatoms. The zero-order chi connectivity index (χ0) is 16.2. The average Bonchev–Trinajstić information content (AvgIpc) is 3.19. The van der Waals surface area contributed by atoms with Crippen LogP contribution in [0, 0.1) is 6.92 Å². The Morgan fingerprint density at radius 1 is 1.39 bits per heavy atom. The molecule has 2 amide bonds. The van der Waals surface area contributed by atoms with Gasteiger partial charge < -0.3 is 21.3 Å². The number of anilines is 3. The summed E-state index contributed by atoms with van der Waals surface area (Å²) < 4.78 is 0. The van der Waals surface area contributed by atoms with Crippen LogP contribution in [-0.2, 0) is 6.54 Å². The fourth-order valence-electron chi connectivity index (χ4n) is 2.78. The van der Waals surface area contributed by atoms with Crippen molar-refractivity contribution in [1.29, 1.82) is 0 Å². The van der Waals surface area contributed by atoms with Crippen LogP contribution >= 0.6 is 0 Å². The van der Waals surface area contributed by atoms with Crippen molar-refractivity contribution in [3.63, 3.8) is 0 Å². The number of carbonyl (C=O) groups excluding carboxylic acids is 1. The monoisotopic (exact) mass is 315 g/mol. The van der Waals surface area contributed by atoms with E-state index in [9.17, 15) is 4.79 Å². The number of amides is 2. The maximum Gasteiger partial charge on any atom is 0.319 e. The van der Waals surface area contributed by atoms with E-state index in [1.165, 1.54) is 18.5 Å². The summed E-state index contributed by atoms with van der Waals surface area (Å²) in [6, 6.07) is 5.68. The lowest BCUT2D eigenvalue weighted by Crippen LogP contribution is -2.29. The Kier molecular flexibility index (Phi) is 4.31. The number of carbonyl (C=O) groups is 1. The molecule has 1 aromatic carbocycles. The van der Waals surface area contributed by atoms with Crippen LogP contribution in [0.5, 0.6) is 0 Å². The average molecular weight is 315 g/mol. The number of hydrogen-bond donors (Lipinski definition) is 4. The topological polar surface area (TPSA) is 112 Å². The molecule has 8 nitrogen and oxygen atoms in total. The first-order chi connectivity index (χ1) is 11.1. The Morgan fingerprint density at radius 2 is 2.17 bits per heavy atom. The second-order valence-corrected chi connectivity index (χ2v) is 5.59. The molecule has 5 N–H and O–H groups in total. The smallest absolute Gasteiger partial charge is 0.319 e. The molecule has 0 radical (unpaired) electrons. The summed E-state index contributed by atoms with van der Waals surface area (Å²) in [5.41, 5.74) is 8.49. The number of H-pyrrole nitrogens is 1. The van der Waals surface area contributed by atoms with Crippen molar-refractivity contribution < 1.29 is 4.79 Å². The number of nitrogens with zero attached hydrogens (tertiary/aromatic N) is 3. The van der Waals surface area contributed by atoms with Crippen molar-refractivity contribution in [2.45, 2.75) is 26.3 Å². The standard InChI is InChI=1S/C15H21N7O/c1-10-11(5-4-6-12(10)22-7-2-3-8-22)18-15(23)17-9-13-19-14(16)21-20-13/h4-6H,2-3,7-9H2,1H3,(H2,17,18,23)(H3,16,19,20,21). The molecule has 0 saturated carbocycles. The minimum atomic E-state index is -0.290. The van der Waals surface area contributed by atoms with E-state index >= 15 is 0 Å². The predicted octanol–water partition coefficient (Wildman–Crippen LogP) is 1.62. The van der Waals surface area contributed by atoms with Crippen molar-refractivity contribution in [3.8, 4) is 0 Å². The van der Waals surface area contributed by atoms with Gasteiger partial charge in [-0.2, -0.15) is 4.98 Å². The van der Waals surface area contributed by atoms with E-state index in [-0.39, 0.29) is 18.5 Å². The van der Waals surface area contributed by atoms with Crippen molar-refractivity contribution in [2.24, 2.45) is 0 Å². The fourth-order valence-corrected chi connectivity index (χ4v) is 2.78. The minimum absolute atomic E-state index is 0.163. The second kappa shape index (κ2) is 6.55. The molecule has 23 heavy (non-hydrogen) atoms. The van der Waals surface area contributed by atoms with Gasteiger partial charge in [0.15, 0.2) is 0 Å². The summed E-state index contributed by atoms with van der Waals surface area (Å²) in [6.07, 6.45) is 2.44. The third-order valence-electron chi connectivity index (χ3n) is 3.97. The number of urea groups is 1. The summed E-state index contributed by atoms with van der Waals surface area (Å²) in [5, 5.41) is 12.0. The van der Waals surface area contributed by atoms with E-state index < -0.39 is 0 Å². The van der Waals surface area contributed by atoms with Crippen LogP contribution in [0.4, 0.5) is 22.1 Å². The Labute approximate surface area is 134 Å². The summed E-state index contributed by atoms with van der Waals surface area (Å²) in [6.45, 7) is 4.41. The summed E-state index contributed by atoms with van der Waals surface area (Å²) in [7, 11) is 0. The molecule has 1 aliphatic rings. The van der Waals surface area contributed by atoms with Crippen LogP contribution in [0.1, 0.15) is 24.2 Å². The highest BCUT2D eigenvalue weighted by molar-refractivity contribution is 5.91. The van der Waals surface area contributed by atoms with E-state index in [4.69, 9.17) is 5.73 Å². The first-order valence-electron chi connectivity index (χ1n) is 7.69. The molecule has 0 spiro atoms. The van der Waals surface area contributed by atoms with Gasteiger partial charge in [0.25, 0.3) is 0 Å². The molecule has 2 aromatic rings. The lowest BCUT2D eigenvalue weighted by atomic mass is 10.1. The molecule has 1 aliphatic heterocycles. The van der Waals surface area contributed by atoms with Gasteiger partial charge in [0.05, 0.1) is 6.54 Å². The van der Waals surface area contributed by atoms with Crippen molar-refractivity contribution in [2.75, 3.05) is 29.0 Å². The number of hydrogen-bond acceptors (Lipinski definition) is 5. The number of aromatic amines is 1. The van der Waals surface area contributed by atoms with Crippen LogP contribution in [0.3, 0.4) is 0 Å². The van der Waals surface area contributed by atoms with Gasteiger partial charge in [-0.25, -0.2) is 4.79 Å². The molecule has 0 aliphatic carbocycles. The third kappa shape index (κ3) is 3.53. The Bertz CT molecular complexity index is 691. The Balaban J connectivity index is 1.62. The third-order valence-corrected chi connectivity index (χ3v) is 3.97. The highest BCUT2D eigenvalue weighted by atomic mass is 16.2. The quantitative estimate of drug-likeness (QED) is 0.685. The van der Waals surface area contributed by atoms with Crippen LogP contribution < -0.4 is 21.3 Å². The first-order valence-corrected chi connectivity index (χ1v) is 7.69. The molecule has 122 valence electrons. The number of nitrogens with two attached hydrogens (primary N) is 1. The molecule has 2 heterocycles. The highest BCUT2D eigenvalue weighted by Gasteiger charge is 2.16. The summed E-state index contributed by atoms with van der Waals surface area (Å²) in [4.78, 5) is 18.3. The van der Waals surface area contributed by atoms with Gasteiger partial charge in [-0.1, -0.05) is 6.07 Å². The zero-order valence-corrected chi connectivity index (χ0v) is 13.1. The van der Waals surface area contributed by atoms with Crippen LogP contribution in [0.2, 0.25) is 0 Å². The number of rotatable bonds is 4. The molecule has 1 saturated heterocycles. The van der Waals surface area contributed by atoms with Gasteiger partial charge in [0, 0.05) is 24.5 Å². The van der Waals surface area contributed by atoms with E-state index in [0.29, 0.717) is 5.82 Å². The van der Waals surface area contributed by atoms with Gasteiger partial charge in [-0.15, -0.1) is 5.10 Å². The normalized spacial score (nSPS) is 14.0. The number of benzene rings is 1. The van der Waals surface area contributed by atoms with Crippen LogP contribution in [0.15, 0.2) is 18.2 Å². The summed E-state index contributed by atoms with van der Waals surface area (Å²) in [5.74, 6) is 0.677. The van der Waals surface area contributed by atoms with Gasteiger partial charge in [0.2, 0.25) is 5.95 Å². The lowest BCUT2D eigenvalue weighted by Gasteiger charge is -2.22. The first kappa shape index (κ1) is 15.1. The van der Waals surface area contributed by atoms with Crippen molar-refractivity contribution in [1.82, 2.24) is 20.5 Å². The van der Waals surface area contributed by atoms with Gasteiger partial charge in [-0.05, 0) is 37.5 Å². The number of aromatic nitrogens is 3. The SMILES string of the molecule is Cc1c(NC(=O)NCc2nc(N)n[nH]2)cccc1N1CCCC1. The zero-order valence-electron chi connectivity index (χ0n) is 13.1. The predicted molar refractivity (Wildman–Crippen MR) is 89.3 cm³/mol. The Morgan fingerprint density at radius 3 is 2.87 bits per heavy atom. The molecule has 3 rings (SSSR count). The van der Waals surface area contributed by atoms with Crippen LogP contribution in [-0.4, -0.2) is 34.3 Å². The maximum absolute atomic E-state index is 12.0. The van der Waals surface area contributed by atoms with Gasteiger partial charge in [0.1, 0.15) is 5.82 Å². The molecular formula is C15H21N7O. The van der Waals surface area contributed by atoms with E-state index in [1.54, 1.807) is 0 Å². The van der Waals surface area contributed by atoms with Gasteiger partial charge in [-0.3, -0.25) is 5.10 Å². The second-order valence-electron chi connectivity index (χ2n) is 5.59. The van der Waals surface area contributed by atoms with E-state index in [2.05, 4.69) is 36.8 Å². The largest absolute Gasteiger partial charge is 0.371 e. The molecule has 0 bridgehead atoms. The Hall–Kier alpha value is -2.77. The van der Waals surface area contributed by atoms with Gasteiger partial charge >= 0.3 is 6.03 Å². The fraction of sp³-hybridized carbons (Fsp3) is 0.400. The molecule has 0 atom stereocenters. The minimum Gasteiger partial charge on any atom is -0.371 e. The molecule has 1 aromatic heterocycles. The van der Waals surface area contributed by atoms with Crippen LogP contribution in [0.25, 0.3) is 0 Å². The molecule has 0 unspecified atom stereocenters. The number of nitrogens with one attached hydrogen (secondary N) is 3. The lowest BCUT2D eigenvalue weighted by molar-refractivity contribution is 0.251. The van der Waals surface area contributed by atoms with Crippen molar-refractivity contribution >= 4 is 23.4 Å². The molecule has 1 fully saturated rings. The molecular weight excluding hydrogens is 294 g/mol. The van der Waals surface area contributed by atoms with E-state index in [1.807, 2.05) is 19.1 Å². The van der Waals surface area contributed by atoms with E-state index in [0.717, 1.165) is 24.3 Å². The number of nitrogen functional groups attached to an aromatic ring is 1. The maximum atomic E-state index is 12.0.